The monoisotopic (exact) mass is 618 g/mol. The van der Waals surface area contributed by atoms with Crippen LogP contribution in [0, 0.1) is 6.33 Å². The second-order valence-corrected chi connectivity index (χ2v) is 15.4. The highest BCUT2D eigenvalue weighted by molar-refractivity contribution is 7.11. The maximum Gasteiger partial charge on any atom is 0.257 e. The Morgan fingerprint density at radius 2 is 1.04 bits per heavy atom. The first-order valence-corrected chi connectivity index (χ1v) is 17.9. The summed E-state index contributed by atoms with van der Waals surface area (Å²) in [6, 6.07) is 63.5. The zero-order chi connectivity index (χ0) is 31.2. The van der Waals surface area contributed by atoms with Crippen LogP contribution in [0.2, 0.25) is 0 Å². The molecule has 0 aliphatic rings. The van der Waals surface area contributed by atoms with Gasteiger partial charge in [-0.2, -0.15) is 4.98 Å². The minimum Gasteiger partial charge on any atom is -0.355 e. The molecule has 47 heavy (non-hydrogen) atoms. The van der Waals surface area contributed by atoms with Crippen LogP contribution in [-0.2, 0) is 0 Å². The van der Waals surface area contributed by atoms with Gasteiger partial charge >= 0.3 is 0 Å². The first-order chi connectivity index (χ1) is 23.3. The molecule has 0 unspecified atom stereocenters. The second-order valence-electron chi connectivity index (χ2n) is 11.8. The molecule has 0 radical (unpaired) electrons. The Hall–Kier alpha value is -6.04. The maximum atomic E-state index is 4.66. The molecule has 3 aromatic heterocycles. The van der Waals surface area contributed by atoms with E-state index in [2.05, 4.69) is 178 Å². The highest BCUT2D eigenvalue weighted by Crippen LogP contribution is 2.32. The molecular formula is C42H30N4Si. The van der Waals surface area contributed by atoms with Crippen molar-refractivity contribution in [1.29, 1.82) is 0 Å². The lowest BCUT2D eigenvalue weighted by molar-refractivity contribution is -0.576. The summed E-state index contributed by atoms with van der Waals surface area (Å²) in [4.78, 5) is 4.66. The molecule has 5 heteroatoms. The van der Waals surface area contributed by atoms with Gasteiger partial charge in [-0.25, -0.2) is 0 Å². The summed E-state index contributed by atoms with van der Waals surface area (Å²) >= 11 is 0. The minimum absolute atomic E-state index is 0.834. The molecule has 0 fully saturated rings. The highest BCUT2D eigenvalue weighted by Gasteiger charge is 2.44. The van der Waals surface area contributed by atoms with Crippen molar-refractivity contribution in [2.45, 2.75) is 0 Å². The summed E-state index contributed by atoms with van der Waals surface area (Å²) in [6.45, 7) is 0. The van der Waals surface area contributed by atoms with Crippen molar-refractivity contribution in [3.05, 3.63) is 188 Å². The molecule has 6 aromatic carbocycles. The third kappa shape index (κ3) is 4.21. The van der Waals surface area contributed by atoms with Crippen LogP contribution in [0.25, 0.3) is 44.3 Å². The minimum atomic E-state index is -3.00. The van der Waals surface area contributed by atoms with E-state index in [0.717, 1.165) is 22.5 Å². The summed E-state index contributed by atoms with van der Waals surface area (Å²) < 4.78 is 6.91. The van der Waals surface area contributed by atoms with Crippen molar-refractivity contribution in [3.63, 3.8) is 0 Å². The lowest BCUT2D eigenvalue weighted by Gasteiger charge is -2.36. The quantitative estimate of drug-likeness (QED) is 0.0879. The molecule has 9 rings (SSSR count). The standard InChI is InChI=1S/C42H30N4Si/c1-3-17-33(18-4-1)47(34-19-5-2-6-20-34,46-38-24-9-7-22-36(38)37-23-8-10-25-39(37)46)35-21-15-16-32(30-35)44-31-45(42-28-13-14-29-43-42)41-27-12-11-26-40(41)44/h1-30H. The van der Waals surface area contributed by atoms with E-state index in [4.69, 9.17) is 0 Å². The molecule has 0 saturated heterocycles. The molecule has 3 heterocycles. The predicted molar refractivity (Wildman–Crippen MR) is 194 cm³/mol. The van der Waals surface area contributed by atoms with E-state index in [1.165, 1.54) is 37.4 Å². The lowest BCUT2D eigenvalue weighted by Crippen LogP contribution is -2.72. The molecule has 9 aromatic rings. The van der Waals surface area contributed by atoms with Crippen LogP contribution in [0.5, 0.6) is 0 Å². The molecule has 0 atom stereocenters. The first-order valence-electron chi connectivity index (χ1n) is 15.9. The summed E-state index contributed by atoms with van der Waals surface area (Å²) in [6.07, 6.45) is 5.48. The molecule has 0 N–H and O–H groups in total. The Balaban J connectivity index is 1.40. The van der Waals surface area contributed by atoms with Crippen LogP contribution in [0.3, 0.4) is 0 Å². The number of aromatic nitrogens is 4. The first kappa shape index (κ1) is 27.3. The van der Waals surface area contributed by atoms with Crippen molar-refractivity contribution < 1.29 is 4.57 Å². The van der Waals surface area contributed by atoms with E-state index in [9.17, 15) is 0 Å². The van der Waals surface area contributed by atoms with Gasteiger partial charge in [-0.15, -0.1) is 0 Å². The number of benzene rings is 6. The van der Waals surface area contributed by atoms with Crippen molar-refractivity contribution in [2.75, 3.05) is 0 Å². The van der Waals surface area contributed by atoms with Crippen LogP contribution in [0.1, 0.15) is 0 Å². The van der Waals surface area contributed by atoms with Gasteiger partial charge in [-0.3, -0.25) is 4.57 Å². The van der Waals surface area contributed by atoms with Gasteiger partial charge in [0.2, 0.25) is 5.82 Å². The van der Waals surface area contributed by atoms with Crippen molar-refractivity contribution >= 4 is 56.6 Å². The molecule has 0 amide bonds. The average Bonchev–Trinajstić information content (AvgIpc) is 3.71. The Morgan fingerprint density at radius 1 is 0.489 bits per heavy atom. The van der Waals surface area contributed by atoms with E-state index in [1.54, 1.807) is 0 Å². The lowest BCUT2D eigenvalue weighted by atomic mass is 10.2. The van der Waals surface area contributed by atoms with Crippen molar-refractivity contribution in [1.82, 2.24) is 13.8 Å². The molecule has 4 nitrogen and oxygen atoms in total. The van der Waals surface area contributed by atoms with Crippen LogP contribution >= 0.6 is 0 Å². The third-order valence-corrected chi connectivity index (χ3v) is 13.9. The van der Waals surface area contributed by atoms with E-state index >= 15 is 0 Å². The van der Waals surface area contributed by atoms with Crippen molar-refractivity contribution in [2.24, 2.45) is 0 Å². The summed E-state index contributed by atoms with van der Waals surface area (Å²) in [7, 11) is -3.00. The fourth-order valence-electron chi connectivity index (χ4n) is 7.31. The number of fused-ring (bicyclic) bond motifs is 4. The molecule has 0 saturated carbocycles. The SMILES string of the molecule is [c-]1n(-c2cccc([Si](c3ccccc3)(c3ccccc3)n3c4ccccc4c4ccccc43)c2)c2ccccc2[n+]1-c1ccccn1. The van der Waals surface area contributed by atoms with Crippen molar-refractivity contribution in [3.8, 4) is 11.5 Å². The van der Waals surface area contributed by atoms with E-state index < -0.39 is 8.24 Å². The highest BCUT2D eigenvalue weighted by atomic mass is 28.3. The van der Waals surface area contributed by atoms with Gasteiger partial charge in [0.1, 0.15) is 0 Å². The Morgan fingerprint density at radius 3 is 1.68 bits per heavy atom. The van der Waals surface area contributed by atoms with Gasteiger partial charge in [0.25, 0.3) is 8.24 Å². The number of para-hydroxylation sites is 4. The van der Waals surface area contributed by atoms with E-state index in [-0.39, 0.29) is 0 Å². The summed E-state index contributed by atoms with van der Waals surface area (Å²) in [5, 5.41) is 6.46. The molecular weight excluding hydrogens is 589 g/mol. The fourth-order valence-corrected chi connectivity index (χ4v) is 12.2. The van der Waals surface area contributed by atoms with E-state index in [0.29, 0.717) is 0 Å². The zero-order valence-corrected chi connectivity index (χ0v) is 26.6. The average molecular weight is 619 g/mol. The maximum absolute atomic E-state index is 4.66. The molecule has 0 bridgehead atoms. The predicted octanol–water partition coefficient (Wildman–Crippen LogP) is 6.73. The Bertz CT molecular complexity index is 2430. The molecule has 0 aliphatic heterocycles. The number of pyridine rings is 1. The van der Waals surface area contributed by atoms with Gasteiger partial charge in [0.05, 0.1) is 6.20 Å². The topological polar surface area (TPSA) is 26.6 Å². The second kappa shape index (κ2) is 11.1. The number of rotatable bonds is 6. The third-order valence-electron chi connectivity index (χ3n) is 9.26. The fraction of sp³-hybridized carbons (Fsp3) is 0. The largest absolute Gasteiger partial charge is 0.355 e. The molecule has 0 spiro atoms. The smallest absolute Gasteiger partial charge is 0.257 e. The summed E-state index contributed by atoms with van der Waals surface area (Å²) in [5.74, 6) is 0.834. The van der Waals surface area contributed by atoms with Gasteiger partial charge in [-0.1, -0.05) is 152 Å². The van der Waals surface area contributed by atoms with Gasteiger partial charge < -0.3 is 8.80 Å². The number of hydrogen-bond acceptors (Lipinski definition) is 1. The molecule has 0 aliphatic carbocycles. The number of nitrogens with zero attached hydrogens (tertiary/aromatic N) is 4. The molecule has 222 valence electrons. The van der Waals surface area contributed by atoms with Crippen LogP contribution in [0.15, 0.2) is 182 Å². The number of imidazole rings is 1. The van der Waals surface area contributed by atoms with Gasteiger partial charge in [0, 0.05) is 38.5 Å². The van der Waals surface area contributed by atoms with Crippen LogP contribution < -0.4 is 20.1 Å². The van der Waals surface area contributed by atoms with Gasteiger partial charge in [0.15, 0.2) is 6.33 Å². The Labute approximate surface area is 274 Å². The van der Waals surface area contributed by atoms with Crippen LogP contribution in [0.4, 0.5) is 0 Å². The van der Waals surface area contributed by atoms with Crippen LogP contribution in [-0.4, -0.2) is 22.0 Å². The Kier molecular flexibility index (Phi) is 6.44. The van der Waals surface area contributed by atoms with E-state index in [1.807, 2.05) is 29.0 Å². The summed E-state index contributed by atoms with van der Waals surface area (Å²) in [5.41, 5.74) is 5.65. The zero-order valence-electron chi connectivity index (χ0n) is 25.6. The van der Waals surface area contributed by atoms with Gasteiger partial charge in [-0.05, 0) is 39.8 Å². The normalized spacial score (nSPS) is 11.8. The number of hydrogen-bond donors (Lipinski definition) is 0.